The Morgan fingerprint density at radius 2 is 1.00 bits per heavy atom. The van der Waals surface area contributed by atoms with Gasteiger partial charge in [0.15, 0.2) is 0 Å². The molecule has 0 aromatic carbocycles. The van der Waals surface area contributed by atoms with E-state index < -0.39 is 16.6 Å². The van der Waals surface area contributed by atoms with Crippen LogP contribution in [0.2, 0.25) is 0 Å². The third-order valence-corrected chi connectivity index (χ3v) is 0. The predicted octanol–water partition coefficient (Wildman–Crippen LogP) is -2.91. The van der Waals surface area contributed by atoms with Crippen molar-refractivity contribution < 1.29 is 32.5 Å². The maximum absolute atomic E-state index is 8.74. The van der Waals surface area contributed by atoms with Crippen LogP contribution in [0.4, 0.5) is 4.79 Å². The second-order valence-corrected chi connectivity index (χ2v) is 1.63. The molecule has 7 nitrogen and oxygen atoms in total. The van der Waals surface area contributed by atoms with E-state index in [1.54, 1.807) is 0 Å². The molecule has 0 amide bonds. The van der Waals surface area contributed by atoms with Gasteiger partial charge in [-0.1, -0.05) is 0 Å². The predicted molar refractivity (Wildman–Crippen MR) is 49.1 cm³/mol. The van der Waals surface area contributed by atoms with E-state index in [2.05, 4.69) is 0 Å². The summed E-state index contributed by atoms with van der Waals surface area (Å²) in [6.45, 7) is 0. The summed E-state index contributed by atoms with van der Waals surface area (Å²) in [5, 5.41) is 13.9. The first kappa shape index (κ1) is 29.2. The van der Waals surface area contributed by atoms with Crippen molar-refractivity contribution in [3.8, 4) is 0 Å². The summed E-state index contributed by atoms with van der Waals surface area (Å²) in [6, 6.07) is 0. The molecule has 4 N–H and O–H groups in total. The Balaban J connectivity index is -0.0000000221. The zero-order valence-electron chi connectivity index (χ0n) is 3.92. The maximum atomic E-state index is 8.74. The van der Waals surface area contributed by atoms with Gasteiger partial charge in [-0.15, -0.1) is 0 Å². The van der Waals surface area contributed by atoms with E-state index in [4.69, 9.17) is 32.5 Å². The summed E-state index contributed by atoms with van der Waals surface area (Å²) in [5.74, 6) is 0. The van der Waals surface area contributed by atoms with E-state index in [0.717, 1.165) is 0 Å². The molecular weight excluding hydrogens is 228 g/mol. The van der Waals surface area contributed by atoms with Crippen molar-refractivity contribution >= 4 is 92.2 Å². The van der Waals surface area contributed by atoms with E-state index in [0.29, 0.717) is 0 Å². The fourth-order valence-electron chi connectivity index (χ4n) is 0. The van der Waals surface area contributed by atoms with Gasteiger partial charge in [0.05, 0.1) is 0 Å². The van der Waals surface area contributed by atoms with Gasteiger partial charge in [-0.05, 0) is 0 Å². The van der Waals surface area contributed by atoms with Gasteiger partial charge in [-0.2, -0.15) is 8.42 Å². The zero-order chi connectivity index (χ0) is 8.08. The third kappa shape index (κ3) is 475. The second kappa shape index (κ2) is 15.2. The van der Waals surface area contributed by atoms with Gasteiger partial charge >= 0.3 is 92.2 Å². The van der Waals surface area contributed by atoms with Gasteiger partial charge in [0.2, 0.25) is 0 Å². The molecule has 11 heteroatoms. The van der Waals surface area contributed by atoms with Crippen LogP contribution in [0.1, 0.15) is 0 Å². The van der Waals surface area contributed by atoms with Crippen LogP contribution in [0.3, 0.4) is 0 Å². The van der Waals surface area contributed by atoms with Crippen molar-refractivity contribution in [1.29, 1.82) is 0 Å². The number of carboxylic acid groups (broad SMARTS) is 2. The van der Waals surface area contributed by atoms with Crippen molar-refractivity contribution in [2.75, 3.05) is 0 Å². The molecule has 0 saturated heterocycles. The first-order valence-electron chi connectivity index (χ1n) is 1.35. The van der Waals surface area contributed by atoms with Crippen molar-refractivity contribution in [1.82, 2.24) is 0 Å². The van der Waals surface area contributed by atoms with Crippen molar-refractivity contribution in [3.63, 3.8) is 0 Å². The Kier molecular flexibility index (Phi) is 36.9. The fourth-order valence-corrected chi connectivity index (χ4v) is 0. The van der Waals surface area contributed by atoms with Crippen LogP contribution in [0.5, 0.6) is 0 Å². The zero-order valence-corrected chi connectivity index (χ0v) is 4.74. The minimum absolute atomic E-state index is 0. The summed E-state index contributed by atoms with van der Waals surface area (Å²) in [7, 11) is -4.67. The number of carbonyl (C=O) groups is 1. The Bertz CT molecular complexity index is 164. The molecule has 0 fully saturated rings. The molecule has 0 rings (SSSR count). The standard InChI is InChI=1S/CH2O3.2Mg.Na.H2O4S.5H/c2-1(3)4;;;;1-5(2,3)4;;;;;/h(H2,2,3,4);;;;(H2,1,2,3,4);;;;;. The van der Waals surface area contributed by atoms with Crippen LogP contribution in [-0.4, -0.2) is 110 Å². The minimum atomic E-state index is -4.67. The number of hydrogen-bond acceptors (Lipinski definition) is 3. The van der Waals surface area contributed by atoms with Crippen LogP contribution >= 0.6 is 0 Å². The van der Waals surface area contributed by atoms with Crippen molar-refractivity contribution in [3.05, 3.63) is 0 Å². The summed E-state index contributed by atoms with van der Waals surface area (Å²) < 4.78 is 31.6. The summed E-state index contributed by atoms with van der Waals surface area (Å²) >= 11 is 0. The Labute approximate surface area is 123 Å². The Hall–Kier alpha value is 1.67. The van der Waals surface area contributed by atoms with Crippen molar-refractivity contribution in [2.45, 2.75) is 0 Å². The van der Waals surface area contributed by atoms with Gasteiger partial charge in [0.1, 0.15) is 0 Å². The van der Waals surface area contributed by atoms with Crippen LogP contribution in [0, 0.1) is 0 Å². The quantitative estimate of drug-likeness (QED) is 0.262. The molecule has 0 atom stereocenters. The monoisotopic (exact) mass is 236 g/mol. The molecule has 0 bridgehead atoms. The van der Waals surface area contributed by atoms with Gasteiger partial charge in [0, 0.05) is 0 Å². The van der Waals surface area contributed by atoms with Gasteiger partial charge in [-0.25, -0.2) is 4.79 Å². The van der Waals surface area contributed by atoms with E-state index in [-0.39, 0.29) is 75.7 Å². The SMILES string of the molecule is O=C(O)O.O=S(=O)(O)O.[MgH2].[MgH2].[NaH]. The average Bonchev–Trinajstić information content (AvgIpc) is 1.19. The first-order valence-corrected chi connectivity index (χ1v) is 2.75. The fraction of sp³-hybridized carbons (Fsp3) is 0. The summed E-state index contributed by atoms with van der Waals surface area (Å²) in [5.41, 5.74) is 0. The molecule has 12 heavy (non-hydrogen) atoms. The Morgan fingerprint density at radius 1 is 1.00 bits per heavy atom. The number of rotatable bonds is 0. The molecule has 0 radical (unpaired) electrons. The molecule has 66 valence electrons. The van der Waals surface area contributed by atoms with Crippen LogP contribution < -0.4 is 0 Å². The molecule has 0 spiro atoms. The average molecular weight is 237 g/mol. The molecular formula is CH9Mg2NaO7S. The molecule has 0 heterocycles. The van der Waals surface area contributed by atoms with E-state index in [1.807, 2.05) is 0 Å². The molecule has 0 aliphatic heterocycles. The van der Waals surface area contributed by atoms with E-state index >= 15 is 0 Å². The first-order chi connectivity index (χ1) is 3.73. The third-order valence-electron chi connectivity index (χ3n) is 0. The van der Waals surface area contributed by atoms with Crippen LogP contribution in [0.15, 0.2) is 0 Å². The molecule has 0 aliphatic carbocycles. The normalized spacial score (nSPS) is 6.83. The van der Waals surface area contributed by atoms with E-state index in [1.165, 1.54) is 0 Å². The van der Waals surface area contributed by atoms with Gasteiger partial charge < -0.3 is 10.2 Å². The summed E-state index contributed by atoms with van der Waals surface area (Å²) in [6.07, 6.45) is -1.83. The van der Waals surface area contributed by atoms with Crippen LogP contribution in [0.25, 0.3) is 0 Å². The topological polar surface area (TPSA) is 132 Å². The van der Waals surface area contributed by atoms with Crippen molar-refractivity contribution in [2.24, 2.45) is 0 Å². The molecule has 0 aromatic rings. The van der Waals surface area contributed by atoms with Crippen LogP contribution in [-0.2, 0) is 10.4 Å². The number of hydrogen-bond donors (Lipinski definition) is 4. The van der Waals surface area contributed by atoms with Gasteiger partial charge in [0.25, 0.3) is 0 Å². The second-order valence-electron chi connectivity index (χ2n) is 0.730. The Morgan fingerprint density at radius 3 is 1.00 bits per heavy atom. The summed E-state index contributed by atoms with van der Waals surface area (Å²) in [4.78, 5) is 8.56. The molecule has 0 aliphatic rings. The van der Waals surface area contributed by atoms with Gasteiger partial charge in [-0.3, -0.25) is 9.11 Å². The molecule has 0 saturated carbocycles. The van der Waals surface area contributed by atoms with E-state index in [9.17, 15) is 0 Å². The molecule has 0 unspecified atom stereocenters. The molecule has 0 aromatic heterocycles.